The normalized spacial score (nSPS) is 11.3. The van der Waals surface area contributed by atoms with Crippen LogP contribution in [-0.2, 0) is 16.4 Å². The standard InChI is InChI=1S/C16H19NO2S/c1-12-7-8-14(13(2)9-12)11-17-15-5-4-6-16(10-15)20(3,18)19/h4-10,17H,11H2,1-3H3. The molecule has 0 saturated heterocycles. The molecular weight excluding hydrogens is 270 g/mol. The summed E-state index contributed by atoms with van der Waals surface area (Å²) in [7, 11) is -3.16. The quantitative estimate of drug-likeness (QED) is 0.939. The maximum atomic E-state index is 11.5. The number of rotatable bonds is 4. The van der Waals surface area contributed by atoms with Crippen molar-refractivity contribution >= 4 is 15.5 Å². The van der Waals surface area contributed by atoms with Crippen LogP contribution in [-0.4, -0.2) is 14.7 Å². The van der Waals surface area contributed by atoms with Gasteiger partial charge in [-0.2, -0.15) is 0 Å². The number of anilines is 1. The van der Waals surface area contributed by atoms with Crippen molar-refractivity contribution in [3.05, 3.63) is 59.2 Å². The van der Waals surface area contributed by atoms with Crippen LogP contribution in [0.3, 0.4) is 0 Å². The molecule has 0 aromatic heterocycles. The topological polar surface area (TPSA) is 46.2 Å². The molecule has 0 amide bonds. The third-order valence-electron chi connectivity index (χ3n) is 3.24. The molecule has 0 saturated carbocycles. The highest BCUT2D eigenvalue weighted by molar-refractivity contribution is 7.90. The molecule has 0 spiro atoms. The highest BCUT2D eigenvalue weighted by Crippen LogP contribution is 2.17. The van der Waals surface area contributed by atoms with Crippen molar-refractivity contribution in [1.29, 1.82) is 0 Å². The van der Waals surface area contributed by atoms with E-state index in [4.69, 9.17) is 0 Å². The monoisotopic (exact) mass is 289 g/mol. The van der Waals surface area contributed by atoms with E-state index >= 15 is 0 Å². The van der Waals surface area contributed by atoms with E-state index in [0.717, 1.165) is 5.69 Å². The Balaban J connectivity index is 2.15. The molecule has 3 nitrogen and oxygen atoms in total. The summed E-state index contributed by atoms with van der Waals surface area (Å²) in [6.45, 7) is 4.83. The summed E-state index contributed by atoms with van der Waals surface area (Å²) in [5, 5.41) is 3.27. The zero-order valence-corrected chi connectivity index (χ0v) is 12.8. The van der Waals surface area contributed by atoms with Gasteiger partial charge in [0.25, 0.3) is 0 Å². The average Bonchev–Trinajstić information content (AvgIpc) is 2.37. The van der Waals surface area contributed by atoms with Gasteiger partial charge in [0.1, 0.15) is 0 Å². The van der Waals surface area contributed by atoms with Gasteiger partial charge in [0.05, 0.1) is 4.90 Å². The molecule has 0 aliphatic heterocycles. The van der Waals surface area contributed by atoms with Crippen molar-refractivity contribution in [2.45, 2.75) is 25.3 Å². The number of hydrogen-bond donors (Lipinski definition) is 1. The predicted molar refractivity (Wildman–Crippen MR) is 82.8 cm³/mol. The fourth-order valence-electron chi connectivity index (χ4n) is 2.08. The van der Waals surface area contributed by atoms with Crippen LogP contribution in [0.15, 0.2) is 47.4 Å². The first-order chi connectivity index (χ1) is 9.36. The second-order valence-corrected chi connectivity index (χ2v) is 7.10. The first kappa shape index (κ1) is 14.6. The van der Waals surface area contributed by atoms with Crippen LogP contribution in [0.25, 0.3) is 0 Å². The van der Waals surface area contributed by atoms with Gasteiger partial charge in [0.2, 0.25) is 0 Å². The molecule has 0 radical (unpaired) electrons. The van der Waals surface area contributed by atoms with Gasteiger partial charge in [-0.1, -0.05) is 29.8 Å². The zero-order valence-electron chi connectivity index (χ0n) is 12.0. The summed E-state index contributed by atoms with van der Waals surface area (Å²) < 4.78 is 23.0. The minimum absolute atomic E-state index is 0.336. The Kier molecular flexibility index (Phi) is 4.14. The Labute approximate surface area is 120 Å². The summed E-state index contributed by atoms with van der Waals surface area (Å²) in [4.78, 5) is 0.336. The van der Waals surface area contributed by atoms with E-state index < -0.39 is 9.84 Å². The minimum Gasteiger partial charge on any atom is -0.381 e. The molecule has 2 rings (SSSR count). The molecule has 2 aromatic rings. The largest absolute Gasteiger partial charge is 0.381 e. The number of hydrogen-bond acceptors (Lipinski definition) is 3. The molecule has 2 aromatic carbocycles. The second kappa shape index (κ2) is 5.67. The van der Waals surface area contributed by atoms with E-state index in [1.807, 2.05) is 6.07 Å². The Morgan fingerprint density at radius 2 is 1.80 bits per heavy atom. The van der Waals surface area contributed by atoms with Crippen LogP contribution in [0.2, 0.25) is 0 Å². The molecule has 106 valence electrons. The van der Waals surface area contributed by atoms with Crippen molar-refractivity contribution < 1.29 is 8.42 Å². The lowest BCUT2D eigenvalue weighted by atomic mass is 10.1. The molecule has 0 fully saturated rings. The highest BCUT2D eigenvalue weighted by atomic mass is 32.2. The number of benzene rings is 2. The molecule has 0 aliphatic rings. The van der Waals surface area contributed by atoms with Crippen molar-refractivity contribution in [3.8, 4) is 0 Å². The van der Waals surface area contributed by atoms with Gasteiger partial charge in [-0.3, -0.25) is 0 Å². The minimum atomic E-state index is -3.16. The van der Waals surface area contributed by atoms with E-state index in [1.165, 1.54) is 22.9 Å². The molecule has 0 aliphatic carbocycles. The van der Waals surface area contributed by atoms with Gasteiger partial charge < -0.3 is 5.32 Å². The summed E-state index contributed by atoms with van der Waals surface area (Å²) in [5.41, 5.74) is 4.50. The lowest BCUT2D eigenvalue weighted by Crippen LogP contribution is -2.03. The summed E-state index contributed by atoms with van der Waals surface area (Å²) in [6, 6.07) is 13.2. The molecular formula is C16H19NO2S. The third kappa shape index (κ3) is 3.61. The van der Waals surface area contributed by atoms with Crippen LogP contribution in [0, 0.1) is 13.8 Å². The van der Waals surface area contributed by atoms with Gasteiger partial charge in [-0.15, -0.1) is 0 Å². The summed E-state index contributed by atoms with van der Waals surface area (Å²) >= 11 is 0. The predicted octanol–water partition coefficient (Wildman–Crippen LogP) is 3.32. The van der Waals surface area contributed by atoms with Gasteiger partial charge in [0, 0.05) is 18.5 Å². The van der Waals surface area contributed by atoms with Gasteiger partial charge in [-0.05, 0) is 43.2 Å². The van der Waals surface area contributed by atoms with Crippen molar-refractivity contribution in [1.82, 2.24) is 0 Å². The SMILES string of the molecule is Cc1ccc(CNc2cccc(S(C)(=O)=O)c2)c(C)c1. The fourth-order valence-corrected chi connectivity index (χ4v) is 2.74. The molecule has 0 atom stereocenters. The third-order valence-corrected chi connectivity index (χ3v) is 4.35. The van der Waals surface area contributed by atoms with E-state index in [1.54, 1.807) is 18.2 Å². The second-order valence-electron chi connectivity index (χ2n) is 5.08. The van der Waals surface area contributed by atoms with Crippen LogP contribution in [0.4, 0.5) is 5.69 Å². The highest BCUT2D eigenvalue weighted by Gasteiger charge is 2.07. The number of sulfone groups is 1. The maximum Gasteiger partial charge on any atom is 0.175 e. The zero-order chi connectivity index (χ0) is 14.8. The van der Waals surface area contributed by atoms with Crippen LogP contribution in [0.5, 0.6) is 0 Å². The fraction of sp³-hybridized carbons (Fsp3) is 0.250. The van der Waals surface area contributed by atoms with E-state index in [9.17, 15) is 8.42 Å². The van der Waals surface area contributed by atoms with Crippen molar-refractivity contribution in [2.75, 3.05) is 11.6 Å². The Bertz CT molecular complexity index is 721. The molecule has 0 bridgehead atoms. The molecule has 20 heavy (non-hydrogen) atoms. The molecule has 1 N–H and O–H groups in total. The van der Waals surface area contributed by atoms with Crippen LogP contribution >= 0.6 is 0 Å². The first-order valence-electron chi connectivity index (χ1n) is 6.46. The molecule has 0 unspecified atom stereocenters. The first-order valence-corrected chi connectivity index (χ1v) is 8.35. The summed E-state index contributed by atoms with van der Waals surface area (Å²) in [6.07, 6.45) is 1.22. The van der Waals surface area contributed by atoms with E-state index in [0.29, 0.717) is 11.4 Å². The number of aryl methyl sites for hydroxylation is 2. The van der Waals surface area contributed by atoms with Gasteiger partial charge in [0.15, 0.2) is 9.84 Å². The Morgan fingerprint density at radius 3 is 2.45 bits per heavy atom. The van der Waals surface area contributed by atoms with Crippen molar-refractivity contribution in [3.63, 3.8) is 0 Å². The smallest absolute Gasteiger partial charge is 0.175 e. The van der Waals surface area contributed by atoms with E-state index in [2.05, 4.69) is 37.4 Å². The lowest BCUT2D eigenvalue weighted by Gasteiger charge is -2.10. The molecule has 4 heteroatoms. The van der Waals surface area contributed by atoms with Gasteiger partial charge in [-0.25, -0.2) is 8.42 Å². The van der Waals surface area contributed by atoms with Crippen LogP contribution in [0.1, 0.15) is 16.7 Å². The average molecular weight is 289 g/mol. The summed E-state index contributed by atoms with van der Waals surface area (Å²) in [5.74, 6) is 0. The Morgan fingerprint density at radius 1 is 1.05 bits per heavy atom. The lowest BCUT2D eigenvalue weighted by molar-refractivity contribution is 0.602. The van der Waals surface area contributed by atoms with E-state index in [-0.39, 0.29) is 0 Å². The number of nitrogens with one attached hydrogen (secondary N) is 1. The Hall–Kier alpha value is -1.81. The molecule has 0 heterocycles. The maximum absolute atomic E-state index is 11.5. The van der Waals surface area contributed by atoms with Crippen LogP contribution < -0.4 is 5.32 Å². The van der Waals surface area contributed by atoms with Crippen molar-refractivity contribution in [2.24, 2.45) is 0 Å². The van der Waals surface area contributed by atoms with Gasteiger partial charge >= 0.3 is 0 Å².